The van der Waals surface area contributed by atoms with Gasteiger partial charge in [0.15, 0.2) is 0 Å². The number of benzene rings is 1. The highest BCUT2D eigenvalue weighted by atomic mass is 35.5. The van der Waals surface area contributed by atoms with Crippen LogP contribution in [0.3, 0.4) is 0 Å². The van der Waals surface area contributed by atoms with Gasteiger partial charge in [-0.3, -0.25) is 14.5 Å². The lowest BCUT2D eigenvalue weighted by Gasteiger charge is -2.36. The van der Waals surface area contributed by atoms with E-state index in [-0.39, 0.29) is 28.9 Å². The molecule has 0 aromatic heterocycles. The van der Waals surface area contributed by atoms with Crippen molar-refractivity contribution >= 4 is 35.9 Å². The molecule has 0 saturated carbocycles. The highest BCUT2D eigenvalue weighted by Gasteiger charge is 2.28. The predicted octanol–water partition coefficient (Wildman–Crippen LogP) is 2.13. The molecule has 2 rings (SSSR count). The summed E-state index contributed by atoms with van der Waals surface area (Å²) in [6, 6.07) is 3.10. The molecular weight excluding hydrogens is 334 g/mol. The van der Waals surface area contributed by atoms with Crippen LogP contribution < -0.4 is 0 Å². The number of aliphatic carboxylic acids is 1. The Bertz CT molecular complexity index is 563. The fraction of sp³-hybridized carbons (Fsp3) is 0.429. The smallest absolute Gasteiger partial charge is 0.320 e. The Kier molecular flexibility index (Phi) is 6.59. The number of carbonyl (C=O) groups excluding carboxylic acids is 1. The molecule has 1 aromatic rings. The third-order valence-electron chi connectivity index (χ3n) is 3.67. The first kappa shape index (κ1) is 18.7. The first-order valence-corrected chi connectivity index (χ1v) is 6.99. The van der Waals surface area contributed by atoms with Crippen LogP contribution in [-0.2, 0) is 4.79 Å². The maximum Gasteiger partial charge on any atom is 0.320 e. The Morgan fingerprint density at radius 1 is 1.27 bits per heavy atom. The molecule has 1 heterocycles. The lowest BCUT2D eigenvalue weighted by Crippen LogP contribution is -2.53. The summed E-state index contributed by atoms with van der Waals surface area (Å²) >= 11 is 5.89. The molecule has 0 bridgehead atoms. The van der Waals surface area contributed by atoms with Gasteiger partial charge in [-0.1, -0.05) is 11.6 Å². The Balaban J connectivity index is 0.00000242. The van der Waals surface area contributed by atoms with Gasteiger partial charge in [0.1, 0.15) is 11.9 Å². The van der Waals surface area contributed by atoms with Gasteiger partial charge in [0.25, 0.3) is 5.91 Å². The van der Waals surface area contributed by atoms with Gasteiger partial charge in [-0.25, -0.2) is 4.39 Å². The Morgan fingerprint density at radius 2 is 1.86 bits per heavy atom. The summed E-state index contributed by atoms with van der Waals surface area (Å²) in [5, 5.41) is 9.06. The molecule has 1 fully saturated rings. The molecule has 122 valence electrons. The van der Waals surface area contributed by atoms with Crippen molar-refractivity contribution < 1.29 is 19.1 Å². The quantitative estimate of drug-likeness (QED) is 0.907. The Labute approximate surface area is 139 Å². The number of rotatable bonds is 3. The fourth-order valence-electron chi connectivity index (χ4n) is 2.30. The topological polar surface area (TPSA) is 60.9 Å². The van der Waals surface area contributed by atoms with Gasteiger partial charge in [0.05, 0.1) is 10.6 Å². The third kappa shape index (κ3) is 4.09. The van der Waals surface area contributed by atoms with Crippen LogP contribution >= 0.6 is 24.0 Å². The van der Waals surface area contributed by atoms with E-state index in [1.54, 1.807) is 16.7 Å². The normalized spacial score (nSPS) is 16.8. The minimum absolute atomic E-state index is 0. The standard InChI is InChI=1S/C14H16ClFN2O3.ClH/c1-9(14(20)21)17-4-6-18(7-5-17)13(19)11-3-2-10(16)8-12(11)15;/h2-3,8-9H,4-7H2,1H3,(H,20,21);1H. The summed E-state index contributed by atoms with van der Waals surface area (Å²) in [6.45, 7) is 3.43. The summed E-state index contributed by atoms with van der Waals surface area (Å²) in [4.78, 5) is 26.7. The van der Waals surface area contributed by atoms with Crippen LogP contribution in [0.25, 0.3) is 0 Å². The van der Waals surface area contributed by atoms with Gasteiger partial charge < -0.3 is 10.0 Å². The molecule has 0 spiro atoms. The molecule has 8 heteroatoms. The van der Waals surface area contributed by atoms with Gasteiger partial charge in [-0.05, 0) is 25.1 Å². The number of hydrogen-bond donors (Lipinski definition) is 1. The van der Waals surface area contributed by atoms with Gasteiger partial charge in [0, 0.05) is 26.2 Å². The second-order valence-electron chi connectivity index (χ2n) is 4.97. The summed E-state index contributed by atoms with van der Waals surface area (Å²) in [6.07, 6.45) is 0. The number of hydrogen-bond acceptors (Lipinski definition) is 3. The summed E-state index contributed by atoms with van der Waals surface area (Å²) in [7, 11) is 0. The molecule has 1 aromatic carbocycles. The second-order valence-corrected chi connectivity index (χ2v) is 5.37. The van der Waals surface area contributed by atoms with Crippen molar-refractivity contribution in [1.82, 2.24) is 9.80 Å². The zero-order valence-electron chi connectivity index (χ0n) is 12.0. The third-order valence-corrected chi connectivity index (χ3v) is 3.98. The molecule has 1 aliphatic heterocycles. The van der Waals surface area contributed by atoms with E-state index in [9.17, 15) is 14.0 Å². The van der Waals surface area contributed by atoms with E-state index in [1.165, 1.54) is 12.1 Å². The van der Waals surface area contributed by atoms with E-state index in [1.807, 2.05) is 0 Å². The number of amides is 1. The highest BCUT2D eigenvalue weighted by Crippen LogP contribution is 2.20. The first-order valence-electron chi connectivity index (χ1n) is 6.61. The van der Waals surface area contributed by atoms with E-state index in [0.717, 1.165) is 6.07 Å². The molecule has 0 aliphatic carbocycles. The van der Waals surface area contributed by atoms with E-state index in [0.29, 0.717) is 26.2 Å². The van der Waals surface area contributed by atoms with E-state index < -0.39 is 17.8 Å². The van der Waals surface area contributed by atoms with E-state index >= 15 is 0 Å². The molecule has 1 atom stereocenters. The van der Waals surface area contributed by atoms with Crippen molar-refractivity contribution in [3.05, 3.63) is 34.6 Å². The van der Waals surface area contributed by atoms with Crippen molar-refractivity contribution in [3.63, 3.8) is 0 Å². The lowest BCUT2D eigenvalue weighted by molar-refractivity contribution is -0.143. The number of piperazine rings is 1. The molecule has 0 radical (unpaired) electrons. The number of carboxylic acid groups (broad SMARTS) is 1. The molecule has 1 amide bonds. The van der Waals surface area contributed by atoms with Crippen LogP contribution in [0.15, 0.2) is 18.2 Å². The number of carboxylic acids is 1. The van der Waals surface area contributed by atoms with Crippen LogP contribution in [0.4, 0.5) is 4.39 Å². The SMILES string of the molecule is CC(C(=O)O)N1CCN(C(=O)c2ccc(F)cc2Cl)CC1.Cl. The fourth-order valence-corrected chi connectivity index (χ4v) is 2.55. The molecule has 22 heavy (non-hydrogen) atoms. The monoisotopic (exact) mass is 350 g/mol. The highest BCUT2D eigenvalue weighted by molar-refractivity contribution is 6.33. The summed E-state index contributed by atoms with van der Waals surface area (Å²) in [5.41, 5.74) is 0.262. The molecular formula is C14H17Cl2FN2O3. The number of halogens is 3. The Hall–Kier alpha value is -1.37. The van der Waals surface area contributed by atoms with Gasteiger partial charge in [-0.2, -0.15) is 0 Å². The average Bonchev–Trinajstić information content (AvgIpc) is 2.46. The van der Waals surface area contributed by atoms with Crippen LogP contribution in [-0.4, -0.2) is 59.0 Å². The van der Waals surface area contributed by atoms with Gasteiger partial charge in [0.2, 0.25) is 0 Å². The molecule has 1 N–H and O–H groups in total. The van der Waals surface area contributed by atoms with Crippen LogP contribution in [0.2, 0.25) is 5.02 Å². The van der Waals surface area contributed by atoms with Crippen LogP contribution in [0.1, 0.15) is 17.3 Å². The number of carbonyl (C=O) groups is 2. The van der Waals surface area contributed by atoms with Crippen molar-refractivity contribution in [3.8, 4) is 0 Å². The van der Waals surface area contributed by atoms with Crippen molar-refractivity contribution in [2.45, 2.75) is 13.0 Å². The molecule has 1 unspecified atom stereocenters. The maximum absolute atomic E-state index is 13.0. The predicted molar refractivity (Wildman–Crippen MR) is 83.2 cm³/mol. The largest absolute Gasteiger partial charge is 0.480 e. The minimum Gasteiger partial charge on any atom is -0.480 e. The lowest BCUT2D eigenvalue weighted by atomic mass is 10.1. The van der Waals surface area contributed by atoms with Crippen molar-refractivity contribution in [1.29, 1.82) is 0 Å². The zero-order chi connectivity index (χ0) is 15.6. The van der Waals surface area contributed by atoms with Crippen molar-refractivity contribution in [2.24, 2.45) is 0 Å². The average molecular weight is 351 g/mol. The van der Waals surface area contributed by atoms with E-state index in [4.69, 9.17) is 16.7 Å². The summed E-state index contributed by atoms with van der Waals surface area (Å²) in [5.74, 6) is -1.63. The maximum atomic E-state index is 13.0. The van der Waals surface area contributed by atoms with Crippen LogP contribution in [0.5, 0.6) is 0 Å². The van der Waals surface area contributed by atoms with Crippen molar-refractivity contribution in [2.75, 3.05) is 26.2 Å². The zero-order valence-corrected chi connectivity index (χ0v) is 13.5. The summed E-state index contributed by atoms with van der Waals surface area (Å²) < 4.78 is 13.0. The first-order chi connectivity index (χ1) is 9.90. The van der Waals surface area contributed by atoms with Gasteiger partial charge >= 0.3 is 5.97 Å². The molecule has 1 saturated heterocycles. The number of nitrogens with zero attached hydrogens (tertiary/aromatic N) is 2. The second kappa shape index (κ2) is 7.76. The minimum atomic E-state index is -0.878. The Morgan fingerprint density at radius 3 is 2.36 bits per heavy atom. The van der Waals surface area contributed by atoms with E-state index in [2.05, 4.69) is 0 Å². The molecule has 5 nitrogen and oxygen atoms in total. The molecule has 1 aliphatic rings. The van der Waals surface area contributed by atoms with Gasteiger partial charge in [-0.15, -0.1) is 12.4 Å². The van der Waals surface area contributed by atoms with Crippen LogP contribution in [0, 0.1) is 5.82 Å².